The molecule has 0 unspecified atom stereocenters. The third kappa shape index (κ3) is 3.78. The lowest BCUT2D eigenvalue weighted by Crippen LogP contribution is -2.52. The molecule has 3 aliphatic carbocycles. The van der Waals surface area contributed by atoms with E-state index in [0.29, 0.717) is 11.8 Å². The molecule has 32 heavy (non-hydrogen) atoms. The van der Waals surface area contributed by atoms with Crippen molar-refractivity contribution in [1.29, 1.82) is 0 Å². The zero-order valence-electron chi connectivity index (χ0n) is 20.7. The average molecular weight is 440 g/mol. The van der Waals surface area contributed by atoms with E-state index in [0.717, 1.165) is 37.8 Å². The van der Waals surface area contributed by atoms with Gasteiger partial charge in [0.2, 0.25) is 0 Å². The SMILES string of the molecule is CON=C(c1cc2c(cc1C(C)C)CC[C@H]1[C@](C)(C(=O)O)CCC[C@]21C)C1CCCCC1. The van der Waals surface area contributed by atoms with Gasteiger partial charge in [0.1, 0.15) is 7.11 Å². The van der Waals surface area contributed by atoms with Crippen molar-refractivity contribution in [2.75, 3.05) is 7.11 Å². The summed E-state index contributed by atoms with van der Waals surface area (Å²) in [7, 11) is 1.66. The number of nitrogens with zero attached hydrogens (tertiary/aromatic N) is 1. The minimum absolute atomic E-state index is 0.103. The molecule has 176 valence electrons. The predicted octanol–water partition coefficient (Wildman–Crippen LogP) is 6.84. The Morgan fingerprint density at radius 2 is 1.81 bits per heavy atom. The summed E-state index contributed by atoms with van der Waals surface area (Å²) in [6.07, 6.45) is 10.9. The molecule has 0 amide bonds. The number of hydrogen-bond donors (Lipinski definition) is 1. The molecule has 0 saturated heterocycles. The van der Waals surface area contributed by atoms with Crippen LogP contribution in [0.2, 0.25) is 0 Å². The van der Waals surface area contributed by atoms with Crippen LogP contribution in [0.15, 0.2) is 17.3 Å². The van der Waals surface area contributed by atoms with Crippen molar-refractivity contribution in [3.63, 3.8) is 0 Å². The fraction of sp³-hybridized carbons (Fsp3) is 0.714. The molecule has 0 radical (unpaired) electrons. The predicted molar refractivity (Wildman–Crippen MR) is 129 cm³/mol. The minimum Gasteiger partial charge on any atom is -0.481 e. The molecule has 2 fully saturated rings. The number of hydrogen-bond acceptors (Lipinski definition) is 3. The summed E-state index contributed by atoms with van der Waals surface area (Å²) < 4.78 is 0. The molecule has 0 aliphatic heterocycles. The normalized spacial score (nSPS) is 31.2. The van der Waals surface area contributed by atoms with Crippen LogP contribution in [0, 0.1) is 17.3 Å². The Bertz CT molecular complexity index is 898. The maximum absolute atomic E-state index is 12.4. The number of carboxylic acid groups (broad SMARTS) is 1. The first-order chi connectivity index (χ1) is 15.2. The number of carbonyl (C=O) groups is 1. The van der Waals surface area contributed by atoms with E-state index in [9.17, 15) is 9.90 Å². The summed E-state index contributed by atoms with van der Waals surface area (Å²) in [5.74, 6) is 0.396. The Balaban J connectivity index is 1.87. The van der Waals surface area contributed by atoms with E-state index in [1.807, 2.05) is 6.92 Å². The Hall–Kier alpha value is -1.84. The van der Waals surface area contributed by atoms with Gasteiger partial charge in [-0.1, -0.05) is 57.7 Å². The highest BCUT2D eigenvalue weighted by molar-refractivity contribution is 6.03. The van der Waals surface area contributed by atoms with Crippen LogP contribution in [-0.4, -0.2) is 23.9 Å². The van der Waals surface area contributed by atoms with E-state index in [-0.39, 0.29) is 11.3 Å². The van der Waals surface area contributed by atoms with Crippen LogP contribution in [0.3, 0.4) is 0 Å². The van der Waals surface area contributed by atoms with Crippen molar-refractivity contribution in [2.24, 2.45) is 22.4 Å². The lowest BCUT2D eigenvalue weighted by atomic mass is 9.49. The molecular weight excluding hydrogens is 398 g/mol. The fourth-order valence-corrected chi connectivity index (χ4v) is 7.31. The van der Waals surface area contributed by atoms with Crippen molar-refractivity contribution in [1.82, 2.24) is 0 Å². The third-order valence-corrected chi connectivity index (χ3v) is 9.09. The van der Waals surface area contributed by atoms with Crippen molar-refractivity contribution in [2.45, 2.75) is 103 Å². The first-order valence-electron chi connectivity index (χ1n) is 12.7. The Morgan fingerprint density at radius 3 is 2.44 bits per heavy atom. The van der Waals surface area contributed by atoms with Crippen molar-refractivity contribution in [3.8, 4) is 0 Å². The van der Waals surface area contributed by atoms with Gasteiger partial charge in [-0.25, -0.2) is 0 Å². The number of carboxylic acids is 1. The van der Waals surface area contributed by atoms with Crippen LogP contribution in [0.5, 0.6) is 0 Å². The molecule has 1 N–H and O–H groups in total. The summed E-state index contributed by atoms with van der Waals surface area (Å²) >= 11 is 0. The smallest absolute Gasteiger partial charge is 0.309 e. The van der Waals surface area contributed by atoms with Gasteiger partial charge in [0, 0.05) is 11.5 Å². The summed E-state index contributed by atoms with van der Waals surface area (Å²) in [4.78, 5) is 17.8. The van der Waals surface area contributed by atoms with Crippen LogP contribution in [-0.2, 0) is 21.5 Å². The molecule has 4 rings (SSSR count). The standard InChI is InChI=1S/C28H41NO3/c1-18(2)21-16-20-12-13-24-27(3,14-9-15-28(24,4)26(30)31)23(20)17-22(21)25(29-32-5)19-10-7-6-8-11-19/h16-19,24H,6-15H2,1-5H3,(H,30,31)/t24-,27-,28-/m1/s1. The van der Waals surface area contributed by atoms with Crippen LogP contribution >= 0.6 is 0 Å². The van der Waals surface area contributed by atoms with Gasteiger partial charge in [0.15, 0.2) is 0 Å². The summed E-state index contributed by atoms with van der Waals surface area (Å²) in [6, 6.07) is 4.84. The maximum atomic E-state index is 12.4. The number of rotatable bonds is 5. The largest absolute Gasteiger partial charge is 0.481 e. The molecular formula is C28H41NO3. The fourth-order valence-electron chi connectivity index (χ4n) is 7.31. The maximum Gasteiger partial charge on any atom is 0.309 e. The highest BCUT2D eigenvalue weighted by atomic mass is 16.6. The molecule has 1 aromatic carbocycles. The molecule has 2 saturated carbocycles. The molecule has 1 aromatic rings. The molecule has 0 bridgehead atoms. The van der Waals surface area contributed by atoms with Crippen LogP contribution in [0.4, 0.5) is 0 Å². The Morgan fingerprint density at radius 1 is 1.09 bits per heavy atom. The lowest BCUT2D eigenvalue weighted by molar-refractivity contribution is -0.157. The van der Waals surface area contributed by atoms with E-state index in [2.05, 4.69) is 38.1 Å². The second kappa shape index (κ2) is 8.83. The van der Waals surface area contributed by atoms with Crippen molar-refractivity contribution in [3.05, 3.63) is 34.4 Å². The Kier molecular flexibility index (Phi) is 6.44. The molecule has 3 aliphatic rings. The topological polar surface area (TPSA) is 58.9 Å². The van der Waals surface area contributed by atoms with Gasteiger partial charge < -0.3 is 9.94 Å². The van der Waals surface area contributed by atoms with E-state index in [1.54, 1.807) is 7.11 Å². The highest BCUT2D eigenvalue weighted by Crippen LogP contribution is 2.57. The molecule has 0 spiro atoms. The molecule has 3 atom stereocenters. The van der Waals surface area contributed by atoms with Gasteiger partial charge in [-0.05, 0) is 85.5 Å². The van der Waals surface area contributed by atoms with E-state index in [1.165, 1.54) is 54.4 Å². The van der Waals surface area contributed by atoms with E-state index < -0.39 is 11.4 Å². The zero-order chi connectivity index (χ0) is 23.1. The van der Waals surface area contributed by atoms with Gasteiger partial charge in [0.05, 0.1) is 11.1 Å². The van der Waals surface area contributed by atoms with Crippen LogP contribution in [0.25, 0.3) is 0 Å². The quantitative estimate of drug-likeness (QED) is 0.404. The zero-order valence-corrected chi connectivity index (χ0v) is 20.7. The second-order valence-corrected chi connectivity index (χ2v) is 11.3. The minimum atomic E-state index is -0.644. The number of aryl methyl sites for hydroxylation is 1. The van der Waals surface area contributed by atoms with Gasteiger partial charge >= 0.3 is 5.97 Å². The number of oxime groups is 1. The second-order valence-electron chi connectivity index (χ2n) is 11.3. The van der Waals surface area contributed by atoms with Gasteiger partial charge in [-0.3, -0.25) is 4.79 Å². The number of aliphatic carboxylic acids is 1. The van der Waals surface area contributed by atoms with Crippen molar-refractivity contribution < 1.29 is 14.7 Å². The van der Waals surface area contributed by atoms with E-state index in [4.69, 9.17) is 4.84 Å². The van der Waals surface area contributed by atoms with Crippen molar-refractivity contribution >= 4 is 11.7 Å². The molecule has 0 heterocycles. The molecule has 4 heteroatoms. The summed E-state index contributed by atoms with van der Waals surface area (Å²) in [5, 5.41) is 14.8. The molecule has 0 aromatic heterocycles. The van der Waals surface area contributed by atoms with Gasteiger partial charge in [-0.2, -0.15) is 0 Å². The van der Waals surface area contributed by atoms with E-state index >= 15 is 0 Å². The first-order valence-corrected chi connectivity index (χ1v) is 12.7. The lowest BCUT2D eigenvalue weighted by Gasteiger charge is -2.54. The summed E-state index contributed by atoms with van der Waals surface area (Å²) in [6.45, 7) is 8.87. The number of benzene rings is 1. The number of fused-ring (bicyclic) bond motifs is 3. The molecule has 4 nitrogen and oxygen atoms in total. The summed E-state index contributed by atoms with van der Waals surface area (Å²) in [5.41, 5.74) is 5.77. The average Bonchev–Trinajstić information content (AvgIpc) is 2.77. The van der Waals surface area contributed by atoms with Crippen LogP contribution < -0.4 is 0 Å². The first kappa shape index (κ1) is 23.3. The third-order valence-electron chi connectivity index (χ3n) is 9.09. The van der Waals surface area contributed by atoms with Gasteiger partial charge in [-0.15, -0.1) is 0 Å². The van der Waals surface area contributed by atoms with Crippen LogP contribution in [0.1, 0.15) is 114 Å². The van der Waals surface area contributed by atoms with Gasteiger partial charge in [0.25, 0.3) is 0 Å². The monoisotopic (exact) mass is 439 g/mol. The highest BCUT2D eigenvalue weighted by Gasteiger charge is 2.55. The Labute approximate surface area is 193 Å².